The number of ether oxygens (including phenoxy) is 1. The molecule has 31 heavy (non-hydrogen) atoms. The van der Waals surface area contributed by atoms with Crippen molar-refractivity contribution in [2.24, 2.45) is 0 Å². The third-order valence-corrected chi connectivity index (χ3v) is 6.06. The van der Waals surface area contributed by atoms with Crippen LogP contribution in [-0.4, -0.2) is 58.5 Å². The van der Waals surface area contributed by atoms with Crippen molar-refractivity contribution in [2.75, 3.05) is 26.2 Å². The summed E-state index contributed by atoms with van der Waals surface area (Å²) in [7, 11) is 0. The van der Waals surface area contributed by atoms with E-state index in [0.29, 0.717) is 44.8 Å². The van der Waals surface area contributed by atoms with Crippen LogP contribution in [0.3, 0.4) is 0 Å². The van der Waals surface area contributed by atoms with Gasteiger partial charge >= 0.3 is 0 Å². The summed E-state index contributed by atoms with van der Waals surface area (Å²) in [5, 5.41) is 10.6. The third kappa shape index (κ3) is 4.68. The first-order valence-electron chi connectivity index (χ1n) is 11.0. The summed E-state index contributed by atoms with van der Waals surface area (Å²) in [6, 6.07) is 13.7. The largest absolute Gasteiger partial charge is 0.504 e. The number of rotatable bonds is 5. The Labute approximate surface area is 183 Å². The van der Waals surface area contributed by atoms with Crippen LogP contribution in [0, 0.1) is 0 Å². The van der Waals surface area contributed by atoms with Gasteiger partial charge in [-0.05, 0) is 38.3 Å². The van der Waals surface area contributed by atoms with Crippen LogP contribution in [0.25, 0.3) is 0 Å². The molecule has 0 unspecified atom stereocenters. The summed E-state index contributed by atoms with van der Waals surface area (Å²) < 4.78 is 5.85. The molecule has 1 N–H and O–H groups in total. The summed E-state index contributed by atoms with van der Waals surface area (Å²) in [6.45, 7) is 5.89. The molecule has 0 bridgehead atoms. The SMILES string of the molecule is CC1(C)Cc2ccc(C(=O)N3CCN(C(=O)CCCc4ccccc4)CC3)c(O)c2O1. The Kier molecular flexibility index (Phi) is 5.90. The van der Waals surface area contributed by atoms with Crippen LogP contribution in [0.1, 0.15) is 48.2 Å². The molecule has 164 valence electrons. The van der Waals surface area contributed by atoms with Gasteiger partial charge in [-0.1, -0.05) is 36.4 Å². The molecule has 0 radical (unpaired) electrons. The highest BCUT2D eigenvalue weighted by molar-refractivity contribution is 5.98. The number of amides is 2. The molecule has 2 aromatic rings. The number of piperazine rings is 1. The van der Waals surface area contributed by atoms with Gasteiger partial charge in [0, 0.05) is 44.6 Å². The van der Waals surface area contributed by atoms with Gasteiger partial charge in [0.05, 0.1) is 5.56 Å². The zero-order valence-electron chi connectivity index (χ0n) is 18.3. The highest BCUT2D eigenvalue weighted by Gasteiger charge is 2.35. The lowest BCUT2D eigenvalue weighted by Gasteiger charge is -2.35. The molecule has 2 aromatic carbocycles. The number of hydrogen-bond acceptors (Lipinski definition) is 4. The molecule has 6 nitrogen and oxygen atoms in total. The molecule has 6 heteroatoms. The van der Waals surface area contributed by atoms with Gasteiger partial charge in [0.15, 0.2) is 11.5 Å². The summed E-state index contributed by atoms with van der Waals surface area (Å²) in [5.41, 5.74) is 2.05. The number of hydrogen-bond donors (Lipinski definition) is 1. The zero-order valence-corrected chi connectivity index (χ0v) is 18.3. The Hall–Kier alpha value is -3.02. The van der Waals surface area contributed by atoms with Crippen molar-refractivity contribution in [1.82, 2.24) is 9.80 Å². The molecule has 0 spiro atoms. The van der Waals surface area contributed by atoms with Crippen LogP contribution in [0.4, 0.5) is 0 Å². The molecule has 1 fully saturated rings. The molecule has 1 saturated heterocycles. The average Bonchev–Trinajstić information content (AvgIpc) is 3.09. The Balaban J connectivity index is 1.30. The monoisotopic (exact) mass is 422 g/mol. The number of phenols is 1. The van der Waals surface area contributed by atoms with E-state index in [1.165, 1.54) is 5.56 Å². The fourth-order valence-corrected chi connectivity index (χ4v) is 4.39. The standard InChI is InChI=1S/C25H30N2O4/c1-25(2)17-19-11-12-20(22(29)23(19)31-25)24(30)27-15-13-26(14-16-27)21(28)10-6-9-18-7-4-3-5-8-18/h3-5,7-8,11-12,29H,6,9-10,13-17H2,1-2H3. The Morgan fingerprint density at radius 2 is 1.68 bits per heavy atom. The fraction of sp³-hybridized carbons (Fsp3) is 0.440. The first-order chi connectivity index (χ1) is 14.8. The summed E-state index contributed by atoms with van der Waals surface area (Å²) >= 11 is 0. The molecule has 0 atom stereocenters. The molecule has 2 amide bonds. The van der Waals surface area contributed by atoms with Crippen molar-refractivity contribution in [3.63, 3.8) is 0 Å². The minimum absolute atomic E-state index is 0.0764. The maximum Gasteiger partial charge on any atom is 0.257 e. The molecular weight excluding hydrogens is 392 g/mol. The van der Waals surface area contributed by atoms with Crippen molar-refractivity contribution < 1.29 is 19.4 Å². The van der Waals surface area contributed by atoms with E-state index in [0.717, 1.165) is 18.4 Å². The van der Waals surface area contributed by atoms with Gasteiger partial charge in [0.2, 0.25) is 5.91 Å². The van der Waals surface area contributed by atoms with E-state index in [9.17, 15) is 14.7 Å². The first kappa shape index (κ1) is 21.2. The molecule has 4 rings (SSSR count). The van der Waals surface area contributed by atoms with Gasteiger partial charge in [-0.2, -0.15) is 0 Å². The number of aryl methyl sites for hydroxylation is 1. The van der Waals surface area contributed by atoms with E-state index in [4.69, 9.17) is 4.74 Å². The summed E-state index contributed by atoms with van der Waals surface area (Å²) in [6.07, 6.45) is 2.93. The second-order valence-corrected chi connectivity index (χ2v) is 9.00. The normalized spacial score (nSPS) is 17.2. The minimum atomic E-state index is -0.381. The maximum atomic E-state index is 13.0. The van der Waals surface area contributed by atoms with Crippen molar-refractivity contribution >= 4 is 11.8 Å². The Morgan fingerprint density at radius 3 is 2.39 bits per heavy atom. The predicted octanol–water partition coefficient (Wildman–Crippen LogP) is 3.41. The van der Waals surface area contributed by atoms with Crippen molar-refractivity contribution in [1.29, 1.82) is 0 Å². The van der Waals surface area contributed by atoms with E-state index in [2.05, 4.69) is 12.1 Å². The number of benzene rings is 2. The van der Waals surface area contributed by atoms with E-state index in [1.54, 1.807) is 11.0 Å². The Bertz CT molecular complexity index is 963. The highest BCUT2D eigenvalue weighted by atomic mass is 16.5. The van der Waals surface area contributed by atoms with Gasteiger partial charge in [0.1, 0.15) is 5.60 Å². The van der Waals surface area contributed by atoms with Gasteiger partial charge in [-0.15, -0.1) is 0 Å². The molecule has 2 aliphatic heterocycles. The second kappa shape index (κ2) is 8.61. The van der Waals surface area contributed by atoms with E-state index in [1.807, 2.05) is 43.0 Å². The third-order valence-electron chi connectivity index (χ3n) is 6.06. The lowest BCUT2D eigenvalue weighted by Crippen LogP contribution is -2.50. The summed E-state index contributed by atoms with van der Waals surface area (Å²) in [5.74, 6) is 0.263. The predicted molar refractivity (Wildman–Crippen MR) is 118 cm³/mol. The first-order valence-corrected chi connectivity index (χ1v) is 11.0. The van der Waals surface area contributed by atoms with Gasteiger partial charge in [-0.3, -0.25) is 9.59 Å². The molecule has 0 aromatic heterocycles. The second-order valence-electron chi connectivity index (χ2n) is 9.00. The maximum absolute atomic E-state index is 13.0. The van der Waals surface area contributed by atoms with Crippen LogP contribution in [0.15, 0.2) is 42.5 Å². The lowest BCUT2D eigenvalue weighted by molar-refractivity contribution is -0.132. The van der Waals surface area contributed by atoms with Gasteiger partial charge in [-0.25, -0.2) is 0 Å². The van der Waals surface area contributed by atoms with Crippen LogP contribution in [0.2, 0.25) is 0 Å². The van der Waals surface area contributed by atoms with E-state index >= 15 is 0 Å². The highest BCUT2D eigenvalue weighted by Crippen LogP contribution is 2.43. The van der Waals surface area contributed by atoms with Crippen molar-refractivity contribution in [3.8, 4) is 11.5 Å². The van der Waals surface area contributed by atoms with E-state index < -0.39 is 0 Å². The van der Waals surface area contributed by atoms with E-state index in [-0.39, 0.29) is 28.7 Å². The zero-order chi connectivity index (χ0) is 22.0. The number of carbonyl (C=O) groups excluding carboxylic acids is 2. The van der Waals surface area contributed by atoms with Gasteiger partial charge < -0.3 is 19.6 Å². The van der Waals surface area contributed by atoms with Crippen LogP contribution in [0.5, 0.6) is 11.5 Å². The average molecular weight is 423 g/mol. The molecule has 2 heterocycles. The number of carbonyl (C=O) groups is 2. The quantitative estimate of drug-likeness (QED) is 0.802. The molecule has 0 saturated carbocycles. The smallest absolute Gasteiger partial charge is 0.257 e. The summed E-state index contributed by atoms with van der Waals surface area (Å²) in [4.78, 5) is 29.1. The van der Waals surface area contributed by atoms with Crippen LogP contribution in [-0.2, 0) is 17.6 Å². The van der Waals surface area contributed by atoms with Crippen LogP contribution < -0.4 is 4.74 Å². The molecular formula is C25H30N2O4. The van der Waals surface area contributed by atoms with Crippen molar-refractivity contribution in [2.45, 2.75) is 45.1 Å². The lowest BCUT2D eigenvalue weighted by atomic mass is 10.00. The van der Waals surface area contributed by atoms with Crippen LogP contribution >= 0.6 is 0 Å². The minimum Gasteiger partial charge on any atom is -0.504 e. The molecule has 2 aliphatic rings. The number of aromatic hydroxyl groups is 1. The molecule has 0 aliphatic carbocycles. The van der Waals surface area contributed by atoms with Gasteiger partial charge in [0.25, 0.3) is 5.91 Å². The fourth-order valence-electron chi connectivity index (χ4n) is 4.39. The number of nitrogens with zero attached hydrogens (tertiary/aromatic N) is 2. The number of phenolic OH excluding ortho intramolecular Hbond substituents is 1. The number of fused-ring (bicyclic) bond motifs is 1. The Morgan fingerprint density at radius 1 is 1.00 bits per heavy atom. The topological polar surface area (TPSA) is 70.1 Å². The van der Waals surface area contributed by atoms with Crippen molar-refractivity contribution in [3.05, 3.63) is 59.2 Å².